The molecule has 2 unspecified atom stereocenters. The highest BCUT2D eigenvalue weighted by Crippen LogP contribution is 2.23. The lowest BCUT2D eigenvalue weighted by atomic mass is 9.92. The van der Waals surface area contributed by atoms with Crippen molar-refractivity contribution >= 4 is 23.6 Å². The van der Waals surface area contributed by atoms with Crippen molar-refractivity contribution in [3.8, 4) is 0 Å². The van der Waals surface area contributed by atoms with Gasteiger partial charge in [-0.3, -0.25) is 4.79 Å². The molecule has 0 spiro atoms. The van der Waals surface area contributed by atoms with Crippen LogP contribution >= 0.6 is 11.6 Å². The first-order valence-corrected chi connectivity index (χ1v) is 7.73. The maximum absolute atomic E-state index is 11.9. The van der Waals surface area contributed by atoms with E-state index in [1.165, 1.54) is 14.0 Å². The van der Waals surface area contributed by atoms with Crippen LogP contribution in [0, 0.1) is 0 Å². The lowest BCUT2D eigenvalue weighted by Gasteiger charge is -2.38. The number of nitrogens with zero attached hydrogens (tertiary/aromatic N) is 1. The van der Waals surface area contributed by atoms with Crippen molar-refractivity contribution in [2.24, 2.45) is 0 Å². The van der Waals surface area contributed by atoms with Crippen LogP contribution in [0.2, 0.25) is 5.02 Å². The molecule has 0 aliphatic carbocycles. The Morgan fingerprint density at radius 1 is 1.36 bits per heavy atom. The van der Waals surface area contributed by atoms with Gasteiger partial charge in [0.1, 0.15) is 0 Å². The Kier molecular flexibility index (Phi) is 5.66. The molecule has 1 aromatic rings. The van der Waals surface area contributed by atoms with Crippen molar-refractivity contribution < 1.29 is 14.3 Å². The molecule has 2 rings (SSSR count). The summed E-state index contributed by atoms with van der Waals surface area (Å²) in [6.45, 7) is 2.09. The van der Waals surface area contributed by atoms with Gasteiger partial charge in [-0.05, 0) is 37.0 Å². The van der Waals surface area contributed by atoms with E-state index in [-0.39, 0.29) is 24.1 Å². The van der Waals surface area contributed by atoms with Gasteiger partial charge >= 0.3 is 6.09 Å². The number of halogens is 1. The highest BCUT2D eigenvalue weighted by Gasteiger charge is 2.32. The van der Waals surface area contributed by atoms with Crippen molar-refractivity contribution in [3.63, 3.8) is 0 Å². The Hall–Kier alpha value is -1.75. The molecule has 1 N–H and O–H groups in total. The summed E-state index contributed by atoms with van der Waals surface area (Å²) in [7, 11) is 1.39. The third-order valence-electron chi connectivity index (χ3n) is 3.92. The zero-order valence-corrected chi connectivity index (χ0v) is 13.6. The number of carbonyl (C=O) groups excluding carboxylic acids is 2. The summed E-state index contributed by atoms with van der Waals surface area (Å²) in [6.07, 6.45) is 1.85. The molecular weight excluding hydrogens is 304 g/mol. The van der Waals surface area contributed by atoms with Crippen LogP contribution < -0.4 is 5.32 Å². The summed E-state index contributed by atoms with van der Waals surface area (Å²) in [5.74, 6) is -0.0400. The highest BCUT2D eigenvalue weighted by atomic mass is 35.5. The number of rotatable bonds is 3. The topological polar surface area (TPSA) is 58.6 Å². The standard InChI is InChI=1S/C16H21ClN2O3/c1-11(20)18-14-7-8-19(16(21)22-2)15(10-14)9-12-3-5-13(17)6-4-12/h3-6,14-15H,7-10H2,1-2H3,(H,18,20). The van der Waals surface area contributed by atoms with E-state index in [9.17, 15) is 9.59 Å². The van der Waals surface area contributed by atoms with Gasteiger partial charge in [0.05, 0.1) is 7.11 Å². The SMILES string of the molecule is COC(=O)N1CCC(NC(C)=O)CC1Cc1ccc(Cl)cc1. The molecule has 120 valence electrons. The smallest absolute Gasteiger partial charge is 0.409 e. The maximum Gasteiger partial charge on any atom is 0.409 e. The molecule has 0 aromatic heterocycles. The number of likely N-dealkylation sites (tertiary alicyclic amines) is 1. The summed E-state index contributed by atoms with van der Waals surface area (Å²) < 4.78 is 4.87. The molecule has 1 aliphatic rings. The minimum Gasteiger partial charge on any atom is -0.453 e. The minimum atomic E-state index is -0.319. The zero-order valence-electron chi connectivity index (χ0n) is 12.8. The van der Waals surface area contributed by atoms with Crippen LogP contribution in [0.15, 0.2) is 24.3 Å². The largest absolute Gasteiger partial charge is 0.453 e. The van der Waals surface area contributed by atoms with Crippen LogP contribution in [-0.2, 0) is 16.0 Å². The van der Waals surface area contributed by atoms with Crippen LogP contribution in [0.4, 0.5) is 4.79 Å². The van der Waals surface area contributed by atoms with Crippen LogP contribution in [0.3, 0.4) is 0 Å². The quantitative estimate of drug-likeness (QED) is 0.929. The molecule has 22 heavy (non-hydrogen) atoms. The molecule has 1 saturated heterocycles. The van der Waals surface area contributed by atoms with Crippen molar-refractivity contribution in [3.05, 3.63) is 34.9 Å². The Balaban J connectivity index is 2.10. The Morgan fingerprint density at radius 3 is 2.64 bits per heavy atom. The highest BCUT2D eigenvalue weighted by molar-refractivity contribution is 6.30. The van der Waals surface area contributed by atoms with Gasteiger partial charge < -0.3 is 15.0 Å². The number of ether oxygens (including phenoxy) is 1. The van der Waals surface area contributed by atoms with Gasteiger partial charge in [-0.15, -0.1) is 0 Å². The van der Waals surface area contributed by atoms with Crippen molar-refractivity contribution in [1.82, 2.24) is 10.2 Å². The lowest BCUT2D eigenvalue weighted by molar-refractivity contribution is -0.120. The Morgan fingerprint density at radius 2 is 2.05 bits per heavy atom. The van der Waals surface area contributed by atoms with E-state index in [4.69, 9.17) is 16.3 Å². The van der Waals surface area contributed by atoms with Crippen molar-refractivity contribution in [2.75, 3.05) is 13.7 Å². The van der Waals surface area contributed by atoms with Gasteiger partial charge in [-0.25, -0.2) is 4.79 Å². The van der Waals surface area contributed by atoms with Crippen LogP contribution in [0.5, 0.6) is 0 Å². The normalized spacial score (nSPS) is 21.3. The van der Waals surface area contributed by atoms with Gasteiger partial charge in [0, 0.05) is 30.6 Å². The average molecular weight is 325 g/mol. The van der Waals surface area contributed by atoms with E-state index in [1.807, 2.05) is 24.3 Å². The fourth-order valence-corrected chi connectivity index (χ4v) is 3.04. The van der Waals surface area contributed by atoms with Crippen LogP contribution in [0.1, 0.15) is 25.3 Å². The molecule has 0 radical (unpaired) electrons. The molecule has 6 heteroatoms. The fourth-order valence-electron chi connectivity index (χ4n) is 2.91. The molecule has 1 heterocycles. The molecule has 0 bridgehead atoms. The lowest BCUT2D eigenvalue weighted by Crippen LogP contribution is -2.52. The van der Waals surface area contributed by atoms with Crippen LogP contribution in [0.25, 0.3) is 0 Å². The molecule has 2 atom stereocenters. The Labute approximate surface area is 135 Å². The number of hydrogen-bond donors (Lipinski definition) is 1. The van der Waals surface area contributed by atoms with Crippen molar-refractivity contribution in [1.29, 1.82) is 0 Å². The second-order valence-corrected chi connectivity index (χ2v) is 6.01. The number of methoxy groups -OCH3 is 1. The van der Waals surface area contributed by atoms with E-state index in [1.54, 1.807) is 4.90 Å². The maximum atomic E-state index is 11.9. The number of hydrogen-bond acceptors (Lipinski definition) is 3. The molecular formula is C16H21ClN2O3. The monoisotopic (exact) mass is 324 g/mol. The second-order valence-electron chi connectivity index (χ2n) is 5.57. The van der Waals surface area contributed by atoms with Crippen molar-refractivity contribution in [2.45, 2.75) is 38.3 Å². The van der Waals surface area contributed by atoms with E-state index in [0.717, 1.165) is 18.4 Å². The van der Waals surface area contributed by atoms with Gasteiger partial charge in [-0.2, -0.15) is 0 Å². The Bertz CT molecular complexity index is 533. The summed E-state index contributed by atoms with van der Waals surface area (Å²) >= 11 is 5.90. The van der Waals surface area contributed by atoms with E-state index >= 15 is 0 Å². The van der Waals surface area contributed by atoms with E-state index in [0.29, 0.717) is 18.0 Å². The molecule has 0 saturated carbocycles. The van der Waals surface area contributed by atoms with Gasteiger partial charge in [0.2, 0.25) is 5.91 Å². The molecule has 2 amide bonds. The minimum absolute atomic E-state index is 0.000717. The number of amides is 2. The third-order valence-corrected chi connectivity index (χ3v) is 4.17. The first-order chi connectivity index (χ1) is 10.5. The zero-order chi connectivity index (χ0) is 16.1. The summed E-state index contributed by atoms with van der Waals surface area (Å²) in [4.78, 5) is 24.9. The molecule has 1 aromatic carbocycles. The molecule has 1 fully saturated rings. The fraction of sp³-hybridized carbons (Fsp3) is 0.500. The van der Waals surface area contributed by atoms with Gasteiger partial charge in [0.15, 0.2) is 0 Å². The third kappa shape index (κ3) is 4.37. The number of nitrogens with one attached hydrogen (secondary N) is 1. The summed E-state index contributed by atoms with van der Waals surface area (Å²) in [5.41, 5.74) is 1.10. The molecule has 5 nitrogen and oxygen atoms in total. The number of carbonyl (C=O) groups is 2. The van der Waals surface area contributed by atoms with E-state index in [2.05, 4.69) is 5.32 Å². The summed E-state index contributed by atoms with van der Waals surface area (Å²) in [5, 5.41) is 3.63. The van der Waals surface area contributed by atoms with Gasteiger partial charge in [-0.1, -0.05) is 23.7 Å². The molecule has 1 aliphatic heterocycles. The average Bonchev–Trinajstić information content (AvgIpc) is 2.48. The number of piperidine rings is 1. The summed E-state index contributed by atoms with van der Waals surface area (Å²) in [6, 6.07) is 7.69. The van der Waals surface area contributed by atoms with E-state index < -0.39 is 0 Å². The predicted molar refractivity (Wildman–Crippen MR) is 84.9 cm³/mol. The van der Waals surface area contributed by atoms with Crippen LogP contribution in [-0.4, -0.2) is 42.6 Å². The second kappa shape index (κ2) is 7.49. The predicted octanol–water partition coefficient (Wildman–Crippen LogP) is 2.62. The first-order valence-electron chi connectivity index (χ1n) is 7.35. The number of benzene rings is 1. The first kappa shape index (κ1) is 16.6. The van der Waals surface area contributed by atoms with Gasteiger partial charge in [0.25, 0.3) is 0 Å².